The molecule has 130 valence electrons. The van der Waals surface area contributed by atoms with Crippen LogP contribution >= 0.6 is 0 Å². The number of hydrogen-bond donors (Lipinski definition) is 1. The minimum atomic E-state index is -3.63. The summed E-state index contributed by atoms with van der Waals surface area (Å²) < 4.78 is 30.2. The summed E-state index contributed by atoms with van der Waals surface area (Å²) in [6, 6.07) is 4.71. The molecule has 1 N–H and O–H groups in total. The Morgan fingerprint density at radius 2 is 2.04 bits per heavy atom. The van der Waals surface area contributed by atoms with Gasteiger partial charge in [0.2, 0.25) is 10.0 Å². The zero-order valence-electron chi connectivity index (χ0n) is 14.4. The van der Waals surface area contributed by atoms with E-state index in [0.717, 1.165) is 36.5 Å². The molecule has 0 saturated heterocycles. The lowest BCUT2D eigenvalue weighted by molar-refractivity contribution is 0.546. The molecule has 7 nitrogen and oxygen atoms in total. The molecule has 1 atom stereocenters. The number of rotatable bonds is 5. The summed E-state index contributed by atoms with van der Waals surface area (Å²) in [4.78, 5) is 2.16. The standard InChI is InChI=1S/C16H23N5O2S/c1-11-7-8-13(10-14(11)20(3)4)24(22,23)19-12(2)16-18-17-15-6-5-9-21(15)16/h7-8,10,12,19H,5-6,9H2,1-4H3/t12-/m0/s1. The summed E-state index contributed by atoms with van der Waals surface area (Å²) in [7, 11) is 0.161. The molecule has 0 aliphatic carbocycles. The predicted molar refractivity (Wildman–Crippen MR) is 92.6 cm³/mol. The fourth-order valence-electron chi connectivity index (χ4n) is 3.08. The largest absolute Gasteiger partial charge is 0.377 e. The van der Waals surface area contributed by atoms with Gasteiger partial charge in [-0.3, -0.25) is 0 Å². The molecule has 3 rings (SSSR count). The van der Waals surface area contributed by atoms with Gasteiger partial charge in [0.15, 0.2) is 5.82 Å². The van der Waals surface area contributed by atoms with Crippen molar-refractivity contribution in [2.75, 3.05) is 19.0 Å². The van der Waals surface area contributed by atoms with Gasteiger partial charge >= 0.3 is 0 Å². The third-order valence-corrected chi connectivity index (χ3v) is 5.87. The van der Waals surface area contributed by atoms with E-state index in [1.807, 2.05) is 36.6 Å². The van der Waals surface area contributed by atoms with E-state index in [4.69, 9.17) is 0 Å². The molecule has 0 amide bonds. The molecule has 0 saturated carbocycles. The van der Waals surface area contributed by atoms with Crippen molar-refractivity contribution in [1.29, 1.82) is 0 Å². The van der Waals surface area contributed by atoms with Gasteiger partial charge < -0.3 is 9.47 Å². The molecule has 1 aliphatic rings. The summed E-state index contributed by atoms with van der Waals surface area (Å²) in [5.74, 6) is 1.60. The van der Waals surface area contributed by atoms with Crippen molar-refractivity contribution in [2.45, 2.75) is 44.2 Å². The molecule has 24 heavy (non-hydrogen) atoms. The highest BCUT2D eigenvalue weighted by atomic mass is 32.2. The molecule has 8 heteroatoms. The van der Waals surface area contributed by atoms with Crippen LogP contribution in [0.15, 0.2) is 23.1 Å². The van der Waals surface area contributed by atoms with E-state index in [0.29, 0.717) is 5.82 Å². The normalized spacial score (nSPS) is 15.3. The van der Waals surface area contributed by atoms with Gasteiger partial charge in [-0.05, 0) is 38.0 Å². The number of hydrogen-bond acceptors (Lipinski definition) is 5. The van der Waals surface area contributed by atoms with Crippen LogP contribution in [0.1, 0.15) is 36.6 Å². The van der Waals surface area contributed by atoms with Crippen molar-refractivity contribution in [3.05, 3.63) is 35.4 Å². The predicted octanol–water partition coefficient (Wildman–Crippen LogP) is 1.64. The van der Waals surface area contributed by atoms with Crippen LogP contribution in [0.4, 0.5) is 5.69 Å². The summed E-state index contributed by atoms with van der Waals surface area (Å²) in [5, 5.41) is 8.29. The van der Waals surface area contributed by atoms with Gasteiger partial charge in [0, 0.05) is 32.7 Å². The van der Waals surface area contributed by atoms with E-state index in [1.54, 1.807) is 19.1 Å². The van der Waals surface area contributed by atoms with Gasteiger partial charge in [-0.25, -0.2) is 13.1 Å². The highest BCUT2D eigenvalue weighted by Gasteiger charge is 2.25. The minimum Gasteiger partial charge on any atom is -0.377 e. The first-order valence-corrected chi connectivity index (χ1v) is 9.50. The van der Waals surface area contributed by atoms with Gasteiger partial charge in [0.1, 0.15) is 5.82 Å². The van der Waals surface area contributed by atoms with E-state index < -0.39 is 16.1 Å². The van der Waals surface area contributed by atoms with Crippen LogP contribution in [0.25, 0.3) is 0 Å². The van der Waals surface area contributed by atoms with Crippen LogP contribution in [-0.2, 0) is 23.0 Å². The Kier molecular flexibility index (Phi) is 4.35. The smallest absolute Gasteiger partial charge is 0.241 e. The summed E-state index contributed by atoms with van der Waals surface area (Å²) >= 11 is 0. The van der Waals surface area contributed by atoms with Gasteiger partial charge in [0.25, 0.3) is 0 Å². The fraction of sp³-hybridized carbons (Fsp3) is 0.500. The first-order chi connectivity index (χ1) is 11.3. The van der Waals surface area contributed by atoms with Crippen molar-refractivity contribution in [3.8, 4) is 0 Å². The maximum atomic E-state index is 12.7. The zero-order valence-corrected chi connectivity index (χ0v) is 15.3. The third kappa shape index (κ3) is 3.03. The number of nitrogens with one attached hydrogen (secondary N) is 1. The maximum absolute atomic E-state index is 12.7. The van der Waals surface area contributed by atoms with Crippen LogP contribution in [0.2, 0.25) is 0 Å². The lowest BCUT2D eigenvalue weighted by Crippen LogP contribution is -2.29. The number of nitrogens with zero attached hydrogens (tertiary/aromatic N) is 4. The van der Waals surface area contributed by atoms with Crippen molar-refractivity contribution >= 4 is 15.7 Å². The Morgan fingerprint density at radius 3 is 2.75 bits per heavy atom. The minimum absolute atomic E-state index is 0.254. The second kappa shape index (κ2) is 6.18. The number of anilines is 1. The van der Waals surface area contributed by atoms with E-state index in [2.05, 4.69) is 14.9 Å². The Hall–Kier alpha value is -1.93. The maximum Gasteiger partial charge on any atom is 0.241 e. The number of aromatic nitrogens is 3. The molecule has 0 radical (unpaired) electrons. The number of sulfonamides is 1. The summed E-state index contributed by atoms with van der Waals surface area (Å²) in [6.07, 6.45) is 1.93. The van der Waals surface area contributed by atoms with Crippen molar-refractivity contribution in [2.24, 2.45) is 0 Å². The number of fused-ring (bicyclic) bond motifs is 1. The molecule has 0 unspecified atom stereocenters. The SMILES string of the molecule is Cc1ccc(S(=O)(=O)N[C@@H](C)c2nnc3n2CCC3)cc1N(C)C. The Bertz CT molecular complexity index is 857. The lowest BCUT2D eigenvalue weighted by atomic mass is 10.2. The average Bonchev–Trinajstić information content (AvgIpc) is 3.09. The Morgan fingerprint density at radius 1 is 1.29 bits per heavy atom. The lowest BCUT2D eigenvalue weighted by Gasteiger charge is -2.18. The van der Waals surface area contributed by atoms with Gasteiger partial charge in [-0.1, -0.05) is 6.07 Å². The zero-order chi connectivity index (χ0) is 17.5. The number of aryl methyl sites for hydroxylation is 2. The van der Waals surface area contributed by atoms with Crippen LogP contribution < -0.4 is 9.62 Å². The molecular weight excluding hydrogens is 326 g/mol. The van der Waals surface area contributed by atoms with E-state index in [1.165, 1.54) is 0 Å². The van der Waals surface area contributed by atoms with E-state index in [-0.39, 0.29) is 4.90 Å². The molecular formula is C16H23N5O2S. The van der Waals surface area contributed by atoms with Crippen LogP contribution in [0.5, 0.6) is 0 Å². The van der Waals surface area contributed by atoms with Crippen LogP contribution in [0.3, 0.4) is 0 Å². The first-order valence-electron chi connectivity index (χ1n) is 8.02. The molecule has 0 bridgehead atoms. The molecule has 0 spiro atoms. The molecule has 2 heterocycles. The second-order valence-corrected chi connectivity index (χ2v) is 8.13. The van der Waals surface area contributed by atoms with E-state index in [9.17, 15) is 8.42 Å². The van der Waals surface area contributed by atoms with Crippen LogP contribution in [-0.4, -0.2) is 37.3 Å². The molecule has 1 aromatic carbocycles. The Labute approximate surface area is 142 Å². The quantitative estimate of drug-likeness (QED) is 0.887. The van der Waals surface area contributed by atoms with Gasteiger partial charge in [-0.2, -0.15) is 0 Å². The highest BCUT2D eigenvalue weighted by molar-refractivity contribution is 7.89. The van der Waals surface area contributed by atoms with Crippen LogP contribution in [0, 0.1) is 6.92 Å². The molecule has 1 aliphatic heterocycles. The fourth-order valence-corrected chi connectivity index (χ4v) is 4.31. The topological polar surface area (TPSA) is 80.1 Å². The second-order valence-electron chi connectivity index (χ2n) is 6.42. The van der Waals surface area contributed by atoms with Crippen molar-refractivity contribution in [1.82, 2.24) is 19.5 Å². The van der Waals surface area contributed by atoms with Crippen molar-refractivity contribution < 1.29 is 8.42 Å². The van der Waals surface area contributed by atoms with Crippen molar-refractivity contribution in [3.63, 3.8) is 0 Å². The Balaban J connectivity index is 1.87. The van der Waals surface area contributed by atoms with E-state index >= 15 is 0 Å². The summed E-state index contributed by atoms with van der Waals surface area (Å²) in [5.41, 5.74) is 1.91. The summed E-state index contributed by atoms with van der Waals surface area (Å²) in [6.45, 7) is 4.61. The number of benzene rings is 1. The third-order valence-electron chi connectivity index (χ3n) is 4.33. The van der Waals surface area contributed by atoms with Gasteiger partial charge in [-0.15, -0.1) is 10.2 Å². The average molecular weight is 349 g/mol. The molecule has 2 aromatic rings. The molecule has 1 aromatic heterocycles. The first kappa shape index (κ1) is 16.9. The highest BCUT2D eigenvalue weighted by Crippen LogP contribution is 2.24. The monoisotopic (exact) mass is 349 g/mol. The van der Waals surface area contributed by atoms with Gasteiger partial charge in [0.05, 0.1) is 10.9 Å². The molecule has 0 fully saturated rings.